The molecule has 152 valence electrons. The summed E-state index contributed by atoms with van der Waals surface area (Å²) in [5.41, 5.74) is 1.14. The molecule has 0 N–H and O–H groups in total. The maximum absolute atomic E-state index is 14.6. The predicted molar refractivity (Wildman–Crippen MR) is 104 cm³/mol. The highest BCUT2D eigenvalue weighted by Crippen LogP contribution is 2.34. The van der Waals surface area contributed by atoms with Gasteiger partial charge in [-0.25, -0.2) is 9.37 Å². The molecule has 1 fully saturated rings. The summed E-state index contributed by atoms with van der Waals surface area (Å²) in [6.07, 6.45) is 1.67. The van der Waals surface area contributed by atoms with Crippen molar-refractivity contribution < 1.29 is 18.6 Å². The van der Waals surface area contributed by atoms with Crippen LogP contribution in [0.2, 0.25) is 0 Å². The van der Waals surface area contributed by atoms with Crippen LogP contribution >= 0.6 is 0 Å². The van der Waals surface area contributed by atoms with Gasteiger partial charge in [-0.05, 0) is 19.8 Å². The normalized spacial score (nSPS) is 18.1. The Morgan fingerprint density at radius 1 is 1.21 bits per heavy atom. The van der Waals surface area contributed by atoms with Crippen LogP contribution in [0.4, 0.5) is 10.2 Å². The van der Waals surface area contributed by atoms with Crippen molar-refractivity contribution in [2.24, 2.45) is 0 Å². The zero-order valence-electron chi connectivity index (χ0n) is 16.5. The molecule has 2 aromatic rings. The number of halogens is 1. The summed E-state index contributed by atoms with van der Waals surface area (Å²) in [4.78, 5) is 14.1. The zero-order valence-corrected chi connectivity index (χ0v) is 16.5. The minimum Gasteiger partial charge on any atom is -0.491 e. The molecule has 0 saturated carbocycles. The Morgan fingerprint density at radius 2 is 1.97 bits per heavy atom. The lowest BCUT2D eigenvalue weighted by molar-refractivity contribution is 0.0768. The molecule has 0 aromatic carbocycles. The highest BCUT2D eigenvalue weighted by Gasteiger charge is 2.29. The molecular weight excluding hydrogens is 375 g/mol. The molecular formula is C21H23FN4O3. The van der Waals surface area contributed by atoms with Gasteiger partial charge in [-0.2, -0.15) is 0 Å². The van der Waals surface area contributed by atoms with Crippen LogP contribution in [0, 0.1) is 19.3 Å². The van der Waals surface area contributed by atoms with Gasteiger partial charge in [0.1, 0.15) is 36.6 Å². The van der Waals surface area contributed by atoms with Gasteiger partial charge in [0.15, 0.2) is 5.75 Å². The Kier molecular flexibility index (Phi) is 5.49. The van der Waals surface area contributed by atoms with Crippen LogP contribution in [0.3, 0.4) is 0 Å². The van der Waals surface area contributed by atoms with Crippen molar-refractivity contribution in [3.8, 4) is 17.4 Å². The highest BCUT2D eigenvalue weighted by molar-refractivity contribution is 5.43. The minimum atomic E-state index is -0.376. The molecule has 0 aliphatic carbocycles. The van der Waals surface area contributed by atoms with Crippen molar-refractivity contribution in [3.63, 3.8) is 0 Å². The van der Waals surface area contributed by atoms with E-state index in [4.69, 9.17) is 20.8 Å². The Hall–Kier alpha value is -2.92. The first kappa shape index (κ1) is 19.4. The van der Waals surface area contributed by atoms with Crippen molar-refractivity contribution >= 4 is 5.82 Å². The lowest BCUT2D eigenvalue weighted by Crippen LogP contribution is -2.40. The largest absolute Gasteiger partial charge is 0.491 e. The predicted octanol–water partition coefficient (Wildman–Crippen LogP) is 3.85. The molecule has 0 bridgehead atoms. The third-order valence-electron chi connectivity index (χ3n) is 5.27. The first-order valence-electron chi connectivity index (χ1n) is 9.76. The van der Waals surface area contributed by atoms with Gasteiger partial charge in [0.2, 0.25) is 0 Å². The number of aromatic nitrogens is 2. The molecule has 1 saturated heterocycles. The van der Waals surface area contributed by atoms with E-state index in [2.05, 4.69) is 19.7 Å². The quantitative estimate of drug-likeness (QED) is 0.729. The summed E-state index contributed by atoms with van der Waals surface area (Å²) >= 11 is 0. The van der Waals surface area contributed by atoms with Crippen LogP contribution in [-0.4, -0.2) is 47.3 Å². The fraction of sp³-hybridized carbons (Fsp3) is 0.476. The SMILES string of the molecule is [C-]#[N+]c1cc(OC2CCN(C(C)c3nc4c(cc3F)OCCO4)CC2)cc(C)n1. The van der Waals surface area contributed by atoms with Crippen molar-refractivity contribution in [1.82, 2.24) is 14.9 Å². The standard InChI is InChI=1S/C21H23FN4O3/c1-13-10-16(11-19(23-3)24-13)29-15-4-6-26(7-5-15)14(2)20-17(22)12-18-21(25-20)28-9-8-27-18/h10-12,14-15H,4-9H2,1-2H3. The van der Waals surface area contributed by atoms with Crippen molar-refractivity contribution in [2.75, 3.05) is 26.3 Å². The second-order valence-electron chi connectivity index (χ2n) is 7.30. The summed E-state index contributed by atoms with van der Waals surface area (Å²) in [5.74, 6) is 1.37. The van der Waals surface area contributed by atoms with Crippen molar-refractivity contribution in [3.05, 3.63) is 46.8 Å². The third-order valence-corrected chi connectivity index (χ3v) is 5.27. The highest BCUT2D eigenvalue weighted by atomic mass is 19.1. The molecule has 1 unspecified atom stereocenters. The van der Waals surface area contributed by atoms with Crippen LogP contribution in [0.1, 0.15) is 37.2 Å². The van der Waals surface area contributed by atoms with E-state index in [1.165, 1.54) is 6.07 Å². The Balaban J connectivity index is 1.40. The van der Waals surface area contributed by atoms with E-state index < -0.39 is 0 Å². The minimum absolute atomic E-state index is 0.0527. The second kappa shape index (κ2) is 8.21. The topological polar surface area (TPSA) is 61.1 Å². The summed E-state index contributed by atoms with van der Waals surface area (Å²) in [6.45, 7) is 13.3. The van der Waals surface area contributed by atoms with E-state index in [0.29, 0.717) is 42.1 Å². The molecule has 1 atom stereocenters. The molecule has 8 heteroatoms. The monoisotopic (exact) mass is 398 g/mol. The van der Waals surface area contributed by atoms with E-state index in [1.807, 2.05) is 19.9 Å². The van der Waals surface area contributed by atoms with E-state index in [1.54, 1.807) is 6.07 Å². The molecule has 0 amide bonds. The zero-order chi connectivity index (χ0) is 20.4. The van der Waals surface area contributed by atoms with Crippen LogP contribution in [0.15, 0.2) is 18.2 Å². The van der Waals surface area contributed by atoms with Gasteiger partial charge in [-0.15, -0.1) is 4.98 Å². The molecule has 7 nitrogen and oxygen atoms in total. The molecule has 4 heterocycles. The van der Waals surface area contributed by atoms with Gasteiger partial charge >= 0.3 is 0 Å². The lowest BCUT2D eigenvalue weighted by Gasteiger charge is -2.36. The van der Waals surface area contributed by atoms with Gasteiger partial charge in [0.05, 0.1) is 11.7 Å². The maximum atomic E-state index is 14.6. The van der Waals surface area contributed by atoms with E-state index in [-0.39, 0.29) is 18.0 Å². The van der Waals surface area contributed by atoms with Crippen LogP contribution in [0.25, 0.3) is 4.85 Å². The number of likely N-dealkylation sites (tertiary alicyclic amines) is 1. The summed E-state index contributed by atoms with van der Waals surface area (Å²) in [6, 6.07) is 4.70. The summed E-state index contributed by atoms with van der Waals surface area (Å²) in [5, 5.41) is 0. The molecule has 2 aliphatic rings. The van der Waals surface area contributed by atoms with Gasteiger partial charge in [0, 0.05) is 38.2 Å². The molecule has 0 spiro atoms. The molecule has 4 rings (SSSR count). The van der Waals surface area contributed by atoms with Gasteiger partial charge < -0.3 is 19.1 Å². The van der Waals surface area contributed by atoms with Gasteiger partial charge in [-0.3, -0.25) is 4.90 Å². The number of fused-ring (bicyclic) bond motifs is 1. The Labute approximate surface area is 169 Å². The summed E-state index contributed by atoms with van der Waals surface area (Å²) < 4.78 is 31.6. The number of rotatable bonds is 4. The van der Waals surface area contributed by atoms with E-state index >= 15 is 0 Å². The van der Waals surface area contributed by atoms with Gasteiger partial charge in [-0.1, -0.05) is 6.57 Å². The van der Waals surface area contributed by atoms with Crippen LogP contribution in [0.5, 0.6) is 17.4 Å². The number of pyridine rings is 2. The number of hydrogen-bond acceptors (Lipinski definition) is 6. The fourth-order valence-electron chi connectivity index (χ4n) is 3.75. The first-order chi connectivity index (χ1) is 14.0. The average Bonchev–Trinajstić information content (AvgIpc) is 2.73. The Morgan fingerprint density at radius 3 is 2.72 bits per heavy atom. The number of hydrogen-bond donors (Lipinski definition) is 0. The molecule has 29 heavy (non-hydrogen) atoms. The third kappa shape index (κ3) is 4.25. The number of piperidine rings is 1. The van der Waals surface area contributed by atoms with E-state index in [0.717, 1.165) is 31.6 Å². The van der Waals surface area contributed by atoms with Crippen LogP contribution in [-0.2, 0) is 0 Å². The van der Waals surface area contributed by atoms with Crippen LogP contribution < -0.4 is 14.2 Å². The number of nitrogens with zero attached hydrogens (tertiary/aromatic N) is 4. The maximum Gasteiger partial charge on any atom is 0.273 e. The average molecular weight is 398 g/mol. The number of aryl methyl sites for hydroxylation is 1. The van der Waals surface area contributed by atoms with Crippen molar-refractivity contribution in [2.45, 2.75) is 38.8 Å². The summed E-state index contributed by atoms with van der Waals surface area (Å²) in [7, 11) is 0. The smallest absolute Gasteiger partial charge is 0.273 e. The van der Waals surface area contributed by atoms with E-state index in [9.17, 15) is 4.39 Å². The molecule has 0 radical (unpaired) electrons. The number of ether oxygens (including phenoxy) is 3. The van der Waals surface area contributed by atoms with Gasteiger partial charge in [0.25, 0.3) is 11.7 Å². The molecule has 2 aromatic heterocycles. The lowest BCUT2D eigenvalue weighted by atomic mass is 10.0. The fourth-order valence-corrected chi connectivity index (χ4v) is 3.75. The second-order valence-corrected chi connectivity index (χ2v) is 7.30. The van der Waals surface area contributed by atoms with Crippen molar-refractivity contribution in [1.29, 1.82) is 0 Å². The first-order valence-corrected chi connectivity index (χ1v) is 9.76. The molecule has 2 aliphatic heterocycles. The Bertz CT molecular complexity index is 938.